The molecule has 0 radical (unpaired) electrons. The molecule has 0 atom stereocenters. The summed E-state index contributed by atoms with van der Waals surface area (Å²) in [5, 5.41) is 4.36. The fourth-order valence-corrected chi connectivity index (χ4v) is 2.78. The predicted octanol–water partition coefficient (Wildman–Crippen LogP) is 2.27. The molecule has 0 N–H and O–H groups in total. The molecule has 1 aromatic rings. The Morgan fingerprint density at radius 2 is 2.16 bits per heavy atom. The Hall–Kier alpha value is -1.16. The first kappa shape index (κ1) is 14.3. The standard InChI is InChI=1S/C15H25N3O/c1-13-10-16-18(11-13)12-15-5-8-17(9-6-15)7-3-4-14(2)19/h10-11,15H,3-9,12H2,1-2H3. The highest BCUT2D eigenvalue weighted by molar-refractivity contribution is 5.75. The molecule has 0 amide bonds. The number of rotatable bonds is 6. The minimum atomic E-state index is 0.309. The smallest absolute Gasteiger partial charge is 0.129 e. The Morgan fingerprint density at radius 3 is 2.74 bits per heavy atom. The van der Waals surface area contributed by atoms with Crippen molar-refractivity contribution in [2.75, 3.05) is 19.6 Å². The summed E-state index contributed by atoms with van der Waals surface area (Å²) in [5.41, 5.74) is 1.24. The van der Waals surface area contributed by atoms with E-state index in [0.29, 0.717) is 5.78 Å². The molecule has 1 fully saturated rings. The normalized spacial score (nSPS) is 17.8. The summed E-state index contributed by atoms with van der Waals surface area (Å²) >= 11 is 0. The highest BCUT2D eigenvalue weighted by Gasteiger charge is 2.19. The molecule has 1 aliphatic heterocycles. The van der Waals surface area contributed by atoms with E-state index in [1.54, 1.807) is 6.92 Å². The zero-order chi connectivity index (χ0) is 13.7. The summed E-state index contributed by atoms with van der Waals surface area (Å²) < 4.78 is 2.07. The van der Waals surface area contributed by atoms with E-state index in [1.807, 2.05) is 6.20 Å². The molecular weight excluding hydrogens is 238 g/mol. The van der Waals surface area contributed by atoms with Crippen LogP contribution in [0.2, 0.25) is 0 Å². The van der Waals surface area contributed by atoms with Crippen LogP contribution < -0.4 is 0 Å². The van der Waals surface area contributed by atoms with E-state index in [0.717, 1.165) is 31.8 Å². The van der Waals surface area contributed by atoms with Crippen molar-refractivity contribution in [3.8, 4) is 0 Å². The van der Waals surface area contributed by atoms with Crippen LogP contribution in [0.5, 0.6) is 0 Å². The van der Waals surface area contributed by atoms with Crippen LogP contribution in [0.3, 0.4) is 0 Å². The minimum absolute atomic E-state index is 0.309. The zero-order valence-electron chi connectivity index (χ0n) is 12.1. The van der Waals surface area contributed by atoms with Crippen LogP contribution >= 0.6 is 0 Å². The van der Waals surface area contributed by atoms with Gasteiger partial charge in [-0.3, -0.25) is 4.68 Å². The second-order valence-electron chi connectivity index (χ2n) is 5.83. The first-order valence-corrected chi connectivity index (χ1v) is 7.34. The first-order valence-electron chi connectivity index (χ1n) is 7.34. The molecule has 1 saturated heterocycles. The van der Waals surface area contributed by atoms with Gasteiger partial charge in [0.2, 0.25) is 0 Å². The van der Waals surface area contributed by atoms with Crippen LogP contribution in [0.25, 0.3) is 0 Å². The number of piperidine rings is 1. The second-order valence-corrected chi connectivity index (χ2v) is 5.83. The molecule has 0 saturated carbocycles. The van der Waals surface area contributed by atoms with Crippen LogP contribution in [0.1, 0.15) is 38.2 Å². The number of Topliss-reactive ketones (excluding diaryl/α,β-unsaturated/α-hetero) is 1. The fourth-order valence-electron chi connectivity index (χ4n) is 2.78. The molecule has 0 bridgehead atoms. The zero-order valence-corrected chi connectivity index (χ0v) is 12.1. The van der Waals surface area contributed by atoms with Crippen molar-refractivity contribution in [1.82, 2.24) is 14.7 Å². The molecule has 19 heavy (non-hydrogen) atoms. The van der Waals surface area contributed by atoms with Crippen molar-refractivity contribution >= 4 is 5.78 Å². The molecule has 4 nitrogen and oxygen atoms in total. The minimum Gasteiger partial charge on any atom is -0.303 e. The summed E-state index contributed by atoms with van der Waals surface area (Å²) in [6, 6.07) is 0. The lowest BCUT2D eigenvalue weighted by Crippen LogP contribution is -2.35. The third-order valence-corrected chi connectivity index (χ3v) is 3.92. The number of likely N-dealkylation sites (tertiary alicyclic amines) is 1. The monoisotopic (exact) mass is 263 g/mol. The fraction of sp³-hybridized carbons (Fsp3) is 0.733. The molecule has 1 aromatic heterocycles. The van der Waals surface area contributed by atoms with Gasteiger partial charge in [-0.2, -0.15) is 5.10 Å². The molecule has 2 heterocycles. The number of hydrogen-bond acceptors (Lipinski definition) is 3. The lowest BCUT2D eigenvalue weighted by atomic mass is 9.96. The maximum Gasteiger partial charge on any atom is 0.129 e. The number of ketones is 1. The average molecular weight is 263 g/mol. The molecule has 4 heteroatoms. The van der Waals surface area contributed by atoms with Gasteiger partial charge in [-0.15, -0.1) is 0 Å². The van der Waals surface area contributed by atoms with Crippen molar-refractivity contribution < 1.29 is 4.79 Å². The SMILES string of the molecule is CC(=O)CCCN1CCC(Cn2cc(C)cn2)CC1. The van der Waals surface area contributed by atoms with Gasteiger partial charge in [0.1, 0.15) is 5.78 Å². The quantitative estimate of drug-likeness (QED) is 0.790. The molecule has 0 spiro atoms. The van der Waals surface area contributed by atoms with E-state index < -0.39 is 0 Å². The topological polar surface area (TPSA) is 38.1 Å². The van der Waals surface area contributed by atoms with Crippen molar-refractivity contribution in [3.63, 3.8) is 0 Å². The van der Waals surface area contributed by atoms with E-state index in [9.17, 15) is 4.79 Å². The van der Waals surface area contributed by atoms with Crippen LogP contribution in [0.15, 0.2) is 12.4 Å². The van der Waals surface area contributed by atoms with E-state index in [4.69, 9.17) is 0 Å². The van der Waals surface area contributed by atoms with Gasteiger partial charge in [0, 0.05) is 19.2 Å². The first-order chi connectivity index (χ1) is 9.13. The highest BCUT2D eigenvalue weighted by Crippen LogP contribution is 2.19. The third-order valence-electron chi connectivity index (χ3n) is 3.92. The summed E-state index contributed by atoms with van der Waals surface area (Å²) in [6.07, 6.45) is 8.29. The van der Waals surface area contributed by atoms with Crippen LogP contribution in [-0.4, -0.2) is 40.1 Å². The Labute approximate surface area is 115 Å². The van der Waals surface area contributed by atoms with Crippen LogP contribution in [0, 0.1) is 12.8 Å². The summed E-state index contributed by atoms with van der Waals surface area (Å²) in [5.74, 6) is 1.06. The van der Waals surface area contributed by atoms with Gasteiger partial charge in [0.15, 0.2) is 0 Å². The number of aromatic nitrogens is 2. The molecule has 0 aliphatic carbocycles. The van der Waals surface area contributed by atoms with Crippen molar-refractivity contribution in [2.45, 2.75) is 46.1 Å². The largest absolute Gasteiger partial charge is 0.303 e. The van der Waals surface area contributed by atoms with Crippen LogP contribution in [-0.2, 0) is 11.3 Å². The van der Waals surface area contributed by atoms with Crippen molar-refractivity contribution in [1.29, 1.82) is 0 Å². The van der Waals surface area contributed by atoms with Gasteiger partial charge in [0.25, 0.3) is 0 Å². The van der Waals surface area contributed by atoms with Gasteiger partial charge in [0.05, 0.1) is 6.20 Å². The summed E-state index contributed by atoms with van der Waals surface area (Å²) in [7, 11) is 0. The summed E-state index contributed by atoms with van der Waals surface area (Å²) in [6.45, 7) is 8.23. The van der Waals surface area contributed by atoms with Gasteiger partial charge in [-0.1, -0.05) is 0 Å². The average Bonchev–Trinajstić information content (AvgIpc) is 2.77. The van der Waals surface area contributed by atoms with Gasteiger partial charge in [-0.25, -0.2) is 0 Å². The Balaban J connectivity index is 1.66. The Kier molecular flexibility index (Phi) is 5.14. The highest BCUT2D eigenvalue weighted by atomic mass is 16.1. The summed E-state index contributed by atoms with van der Waals surface area (Å²) in [4.78, 5) is 13.4. The molecule has 1 aliphatic rings. The van der Waals surface area contributed by atoms with Crippen molar-refractivity contribution in [2.24, 2.45) is 5.92 Å². The Morgan fingerprint density at radius 1 is 1.42 bits per heavy atom. The molecule has 0 aromatic carbocycles. The molecule has 0 unspecified atom stereocenters. The lowest BCUT2D eigenvalue weighted by Gasteiger charge is -2.31. The maximum atomic E-state index is 10.9. The molecule has 2 rings (SSSR count). The van der Waals surface area contributed by atoms with Crippen molar-refractivity contribution in [3.05, 3.63) is 18.0 Å². The van der Waals surface area contributed by atoms with E-state index in [2.05, 4.69) is 27.8 Å². The second kappa shape index (κ2) is 6.85. The Bertz CT molecular complexity index is 405. The number of hydrogen-bond donors (Lipinski definition) is 0. The van der Waals surface area contributed by atoms with E-state index in [-0.39, 0.29) is 0 Å². The van der Waals surface area contributed by atoms with Crippen LogP contribution in [0.4, 0.5) is 0 Å². The van der Waals surface area contributed by atoms with E-state index in [1.165, 1.54) is 31.5 Å². The number of carbonyl (C=O) groups excluding carboxylic acids is 1. The number of nitrogens with zero attached hydrogens (tertiary/aromatic N) is 3. The number of carbonyl (C=O) groups is 1. The predicted molar refractivity (Wildman–Crippen MR) is 76.0 cm³/mol. The van der Waals surface area contributed by atoms with E-state index >= 15 is 0 Å². The third kappa shape index (κ3) is 4.78. The lowest BCUT2D eigenvalue weighted by molar-refractivity contribution is -0.117. The maximum absolute atomic E-state index is 10.9. The number of aryl methyl sites for hydroxylation is 1. The molecular formula is C15H25N3O. The van der Waals surface area contributed by atoms with Gasteiger partial charge < -0.3 is 9.69 Å². The molecule has 106 valence electrons. The van der Waals surface area contributed by atoms with Gasteiger partial charge in [-0.05, 0) is 64.2 Å². The van der Waals surface area contributed by atoms with Gasteiger partial charge >= 0.3 is 0 Å².